The van der Waals surface area contributed by atoms with Crippen LogP contribution in [0.2, 0.25) is 5.02 Å². The lowest BCUT2D eigenvalue weighted by molar-refractivity contribution is -0.105. The van der Waals surface area contributed by atoms with E-state index in [1.807, 2.05) is 0 Å². The number of halogens is 2. The van der Waals surface area contributed by atoms with Crippen molar-refractivity contribution in [1.29, 1.82) is 0 Å². The highest BCUT2D eigenvalue weighted by Gasteiger charge is 2.32. The quantitative estimate of drug-likeness (QED) is 0.651. The first kappa shape index (κ1) is 11.1. The fourth-order valence-corrected chi connectivity index (χ4v) is 1.66. The molecule has 1 saturated carbocycles. The summed E-state index contributed by atoms with van der Waals surface area (Å²) in [4.78, 5) is 22.2. The molecule has 2 rings (SSSR count). The van der Waals surface area contributed by atoms with Crippen LogP contribution >= 0.6 is 11.6 Å². The summed E-state index contributed by atoms with van der Waals surface area (Å²) in [6, 6.07) is 2.33. The Balaban J connectivity index is 2.43. The van der Waals surface area contributed by atoms with Gasteiger partial charge in [0.15, 0.2) is 5.78 Å². The van der Waals surface area contributed by atoms with Crippen LogP contribution in [0.25, 0.3) is 0 Å². The molecule has 1 aliphatic carbocycles. The van der Waals surface area contributed by atoms with E-state index in [4.69, 9.17) is 11.6 Å². The van der Waals surface area contributed by atoms with E-state index in [1.54, 1.807) is 0 Å². The Hall–Kier alpha value is -1.42. The van der Waals surface area contributed by atoms with E-state index in [2.05, 4.69) is 5.32 Å². The number of Topliss-reactive ketones (excluding diaryl/α,β-unsaturated/α-hetero) is 1. The van der Waals surface area contributed by atoms with Gasteiger partial charge in [0.2, 0.25) is 6.41 Å². The Morgan fingerprint density at radius 3 is 2.75 bits per heavy atom. The molecular weight excluding hydrogens is 233 g/mol. The second-order valence-corrected chi connectivity index (χ2v) is 4.12. The van der Waals surface area contributed by atoms with E-state index in [0.717, 1.165) is 18.9 Å². The first-order valence-corrected chi connectivity index (χ1v) is 5.24. The highest BCUT2D eigenvalue weighted by Crippen LogP contribution is 2.36. The van der Waals surface area contributed by atoms with Crippen molar-refractivity contribution in [3.05, 3.63) is 28.5 Å². The molecule has 1 amide bonds. The summed E-state index contributed by atoms with van der Waals surface area (Å²) in [6.45, 7) is 0. The van der Waals surface area contributed by atoms with Crippen LogP contribution in [0.15, 0.2) is 12.1 Å². The largest absolute Gasteiger partial charge is 0.328 e. The molecule has 0 aromatic heterocycles. The van der Waals surface area contributed by atoms with Gasteiger partial charge in [0.05, 0.1) is 10.7 Å². The maximum Gasteiger partial charge on any atom is 0.211 e. The molecular formula is C11H9ClFNO2. The molecule has 0 heterocycles. The molecule has 84 valence electrons. The van der Waals surface area contributed by atoms with Crippen molar-refractivity contribution in [2.24, 2.45) is 5.92 Å². The monoisotopic (exact) mass is 241 g/mol. The van der Waals surface area contributed by atoms with Gasteiger partial charge in [-0.15, -0.1) is 0 Å². The van der Waals surface area contributed by atoms with E-state index >= 15 is 0 Å². The predicted octanol–water partition coefficient (Wildman–Crippen LogP) is 2.64. The van der Waals surface area contributed by atoms with Gasteiger partial charge in [0.1, 0.15) is 5.82 Å². The van der Waals surface area contributed by atoms with Crippen LogP contribution in [0.4, 0.5) is 10.1 Å². The van der Waals surface area contributed by atoms with Crippen LogP contribution in [-0.4, -0.2) is 12.2 Å². The molecule has 0 bridgehead atoms. The Morgan fingerprint density at radius 1 is 1.50 bits per heavy atom. The lowest BCUT2D eigenvalue weighted by Crippen LogP contribution is -2.08. The number of carbonyl (C=O) groups is 2. The second-order valence-electron chi connectivity index (χ2n) is 3.71. The standard InChI is InChI=1S/C11H9ClFNO2/c12-8-3-7(11(16)6-1-2-6)10(14-5-15)4-9(8)13/h3-6H,1-2H2,(H,14,15). The summed E-state index contributed by atoms with van der Waals surface area (Å²) in [7, 11) is 0. The third-order valence-electron chi connectivity index (χ3n) is 2.49. The average Bonchev–Trinajstić information content (AvgIpc) is 3.06. The van der Waals surface area contributed by atoms with E-state index in [9.17, 15) is 14.0 Å². The zero-order chi connectivity index (χ0) is 11.7. The third-order valence-corrected chi connectivity index (χ3v) is 2.78. The molecule has 3 nitrogen and oxygen atoms in total. The van der Waals surface area contributed by atoms with Crippen LogP contribution in [-0.2, 0) is 4.79 Å². The van der Waals surface area contributed by atoms with Crippen LogP contribution in [0.3, 0.4) is 0 Å². The number of hydrogen-bond donors (Lipinski definition) is 1. The molecule has 5 heteroatoms. The van der Waals surface area contributed by atoms with Gasteiger partial charge < -0.3 is 5.32 Å². The van der Waals surface area contributed by atoms with Crippen molar-refractivity contribution in [3.8, 4) is 0 Å². The SMILES string of the molecule is O=CNc1cc(F)c(Cl)cc1C(=O)C1CC1. The minimum atomic E-state index is -0.654. The van der Waals surface area contributed by atoms with Gasteiger partial charge >= 0.3 is 0 Å². The summed E-state index contributed by atoms with van der Waals surface area (Å²) in [6.07, 6.45) is 2.09. The Morgan fingerprint density at radius 2 is 2.19 bits per heavy atom. The number of anilines is 1. The van der Waals surface area contributed by atoms with Crippen LogP contribution in [0.1, 0.15) is 23.2 Å². The second kappa shape index (κ2) is 4.22. The zero-order valence-corrected chi connectivity index (χ0v) is 9.05. The molecule has 1 aliphatic rings. The minimum absolute atomic E-state index is 0.00581. The van der Waals surface area contributed by atoms with E-state index in [0.29, 0.717) is 6.41 Å². The number of rotatable bonds is 4. The summed E-state index contributed by atoms with van der Waals surface area (Å²) < 4.78 is 13.2. The first-order valence-electron chi connectivity index (χ1n) is 4.87. The highest BCUT2D eigenvalue weighted by molar-refractivity contribution is 6.31. The van der Waals surface area contributed by atoms with E-state index in [-0.39, 0.29) is 28.0 Å². The van der Waals surface area contributed by atoms with Gasteiger partial charge in [0.25, 0.3) is 0 Å². The summed E-state index contributed by atoms with van der Waals surface area (Å²) in [5.74, 6) is -0.752. The lowest BCUT2D eigenvalue weighted by Gasteiger charge is -2.08. The van der Waals surface area contributed by atoms with Crippen LogP contribution in [0.5, 0.6) is 0 Å². The normalized spacial score (nSPS) is 14.6. The average molecular weight is 242 g/mol. The molecule has 0 atom stereocenters. The lowest BCUT2D eigenvalue weighted by atomic mass is 10.0. The van der Waals surface area contributed by atoms with Crippen molar-refractivity contribution in [2.45, 2.75) is 12.8 Å². The number of carbonyl (C=O) groups excluding carboxylic acids is 2. The summed E-state index contributed by atoms with van der Waals surface area (Å²) >= 11 is 5.61. The topological polar surface area (TPSA) is 46.2 Å². The van der Waals surface area contributed by atoms with Gasteiger partial charge in [-0.05, 0) is 25.0 Å². The summed E-state index contributed by atoms with van der Waals surface area (Å²) in [5.41, 5.74) is 0.454. The van der Waals surface area contributed by atoms with Crippen LogP contribution < -0.4 is 5.32 Å². The number of benzene rings is 1. The fourth-order valence-electron chi connectivity index (χ4n) is 1.50. The van der Waals surface area contributed by atoms with Gasteiger partial charge in [-0.3, -0.25) is 9.59 Å². The van der Waals surface area contributed by atoms with Crippen molar-refractivity contribution in [3.63, 3.8) is 0 Å². The Labute approximate surface area is 96.6 Å². The number of hydrogen-bond acceptors (Lipinski definition) is 2. The van der Waals surface area contributed by atoms with Crippen LogP contribution in [0, 0.1) is 11.7 Å². The first-order chi connectivity index (χ1) is 7.63. The molecule has 0 radical (unpaired) electrons. The van der Waals surface area contributed by atoms with Crippen molar-refractivity contribution < 1.29 is 14.0 Å². The number of amides is 1. The molecule has 0 spiro atoms. The highest BCUT2D eigenvalue weighted by atomic mass is 35.5. The maximum absolute atomic E-state index is 13.2. The smallest absolute Gasteiger partial charge is 0.211 e. The molecule has 1 N–H and O–H groups in total. The molecule has 1 aromatic rings. The zero-order valence-electron chi connectivity index (χ0n) is 8.30. The van der Waals surface area contributed by atoms with Gasteiger partial charge in [-0.2, -0.15) is 0 Å². The molecule has 0 unspecified atom stereocenters. The Kier molecular flexibility index (Phi) is 2.92. The van der Waals surface area contributed by atoms with Crippen molar-refractivity contribution in [1.82, 2.24) is 0 Å². The number of ketones is 1. The molecule has 16 heavy (non-hydrogen) atoms. The molecule has 0 saturated heterocycles. The predicted molar refractivity (Wildman–Crippen MR) is 58.2 cm³/mol. The third kappa shape index (κ3) is 2.07. The summed E-state index contributed by atoms with van der Waals surface area (Å²) in [5, 5.41) is 2.20. The Bertz CT molecular complexity index is 458. The molecule has 1 aromatic carbocycles. The molecule has 0 aliphatic heterocycles. The number of nitrogens with one attached hydrogen (secondary N) is 1. The fraction of sp³-hybridized carbons (Fsp3) is 0.273. The van der Waals surface area contributed by atoms with Gasteiger partial charge in [0, 0.05) is 11.5 Å². The van der Waals surface area contributed by atoms with Crippen molar-refractivity contribution in [2.75, 3.05) is 5.32 Å². The minimum Gasteiger partial charge on any atom is -0.328 e. The van der Waals surface area contributed by atoms with Gasteiger partial charge in [-0.25, -0.2) is 4.39 Å². The van der Waals surface area contributed by atoms with E-state index in [1.165, 1.54) is 6.07 Å². The van der Waals surface area contributed by atoms with Gasteiger partial charge in [-0.1, -0.05) is 11.6 Å². The molecule has 1 fully saturated rings. The maximum atomic E-state index is 13.2. The van der Waals surface area contributed by atoms with E-state index < -0.39 is 5.82 Å². The van der Waals surface area contributed by atoms with Crippen molar-refractivity contribution >= 4 is 29.5 Å².